The van der Waals surface area contributed by atoms with Crippen molar-refractivity contribution in [2.75, 3.05) is 0 Å². The summed E-state index contributed by atoms with van der Waals surface area (Å²) in [6.07, 6.45) is 0. The molecule has 0 bridgehead atoms. The first kappa shape index (κ1) is 10.6. The Kier molecular flexibility index (Phi) is 2.04. The fourth-order valence-corrected chi connectivity index (χ4v) is 1.95. The van der Waals surface area contributed by atoms with E-state index in [9.17, 15) is 15.0 Å². The van der Waals surface area contributed by atoms with E-state index in [1.54, 1.807) is 25.1 Å². The minimum absolute atomic E-state index is 0.121. The maximum Gasteiger partial charge on any atom is 0.290 e. The topological polar surface area (TPSA) is 86.2 Å². The van der Waals surface area contributed by atoms with E-state index < -0.39 is 5.56 Å². The standard InChI is InChI=1S/C13H10N2O3/c1-6-11(16)3-7-2-8-4-12(17)13(18)15-10(8)5-9(7)14-6/h2-5,16-17H,1H3,(H,15,18). The van der Waals surface area contributed by atoms with Crippen molar-refractivity contribution in [2.45, 2.75) is 6.92 Å². The van der Waals surface area contributed by atoms with Gasteiger partial charge in [-0.2, -0.15) is 0 Å². The number of hydrogen-bond acceptors (Lipinski definition) is 4. The zero-order valence-electron chi connectivity index (χ0n) is 9.56. The van der Waals surface area contributed by atoms with Crippen molar-refractivity contribution in [3.8, 4) is 11.5 Å². The van der Waals surface area contributed by atoms with Gasteiger partial charge in [0.05, 0.1) is 16.7 Å². The van der Waals surface area contributed by atoms with E-state index in [0.717, 1.165) is 5.39 Å². The largest absolute Gasteiger partial charge is 0.506 e. The van der Waals surface area contributed by atoms with E-state index in [0.29, 0.717) is 22.1 Å². The van der Waals surface area contributed by atoms with Crippen molar-refractivity contribution < 1.29 is 10.2 Å². The van der Waals surface area contributed by atoms with Crippen molar-refractivity contribution in [3.63, 3.8) is 0 Å². The second-order valence-corrected chi connectivity index (χ2v) is 4.21. The molecule has 18 heavy (non-hydrogen) atoms. The summed E-state index contributed by atoms with van der Waals surface area (Å²) in [5, 5.41) is 20.4. The van der Waals surface area contributed by atoms with Gasteiger partial charge in [0.15, 0.2) is 5.75 Å². The number of aryl methyl sites for hydroxylation is 1. The second kappa shape index (κ2) is 3.46. The van der Waals surface area contributed by atoms with Crippen LogP contribution in [-0.2, 0) is 0 Å². The molecule has 0 atom stereocenters. The van der Waals surface area contributed by atoms with Crippen LogP contribution in [0.2, 0.25) is 0 Å². The van der Waals surface area contributed by atoms with Crippen molar-refractivity contribution in [2.24, 2.45) is 0 Å². The quantitative estimate of drug-likeness (QED) is 0.524. The minimum atomic E-state index is -0.530. The number of H-pyrrole nitrogens is 1. The summed E-state index contributed by atoms with van der Waals surface area (Å²) in [5.74, 6) is -0.207. The molecule has 0 aliphatic rings. The van der Waals surface area contributed by atoms with Crippen LogP contribution in [0.4, 0.5) is 0 Å². The number of hydrogen-bond donors (Lipinski definition) is 3. The van der Waals surface area contributed by atoms with Crippen LogP contribution in [0.15, 0.2) is 29.1 Å². The molecule has 0 saturated heterocycles. The monoisotopic (exact) mass is 242 g/mol. The molecular formula is C13H10N2O3. The third-order valence-corrected chi connectivity index (χ3v) is 2.92. The van der Waals surface area contributed by atoms with Gasteiger partial charge in [-0.3, -0.25) is 4.79 Å². The number of fused-ring (bicyclic) bond motifs is 2. The second-order valence-electron chi connectivity index (χ2n) is 4.21. The molecule has 3 rings (SSSR count). The van der Waals surface area contributed by atoms with E-state index in [1.807, 2.05) is 0 Å². The highest BCUT2D eigenvalue weighted by atomic mass is 16.3. The van der Waals surface area contributed by atoms with Crippen LogP contribution < -0.4 is 5.56 Å². The molecule has 0 unspecified atom stereocenters. The van der Waals surface area contributed by atoms with Gasteiger partial charge in [-0.15, -0.1) is 0 Å². The van der Waals surface area contributed by atoms with E-state index in [4.69, 9.17) is 0 Å². The van der Waals surface area contributed by atoms with Crippen LogP contribution in [0, 0.1) is 6.92 Å². The molecule has 0 spiro atoms. The highest BCUT2D eigenvalue weighted by Gasteiger charge is 2.06. The maximum absolute atomic E-state index is 11.3. The highest BCUT2D eigenvalue weighted by molar-refractivity contribution is 5.95. The zero-order valence-corrected chi connectivity index (χ0v) is 9.56. The number of aromatic hydroxyl groups is 2. The van der Waals surface area contributed by atoms with Gasteiger partial charge in [-0.05, 0) is 31.2 Å². The van der Waals surface area contributed by atoms with Gasteiger partial charge in [-0.1, -0.05) is 0 Å². The molecule has 90 valence electrons. The van der Waals surface area contributed by atoms with Gasteiger partial charge in [0, 0.05) is 10.8 Å². The number of aromatic amines is 1. The first-order chi connectivity index (χ1) is 8.54. The third kappa shape index (κ3) is 1.48. The Morgan fingerprint density at radius 2 is 1.78 bits per heavy atom. The molecule has 2 aromatic heterocycles. The number of nitrogens with one attached hydrogen (secondary N) is 1. The van der Waals surface area contributed by atoms with Crippen molar-refractivity contribution in [3.05, 3.63) is 40.3 Å². The molecule has 0 aliphatic heterocycles. The molecule has 3 aromatic rings. The molecule has 5 heteroatoms. The SMILES string of the molecule is Cc1nc2cc3[nH]c(=O)c(O)cc3cc2cc1O. The lowest BCUT2D eigenvalue weighted by Crippen LogP contribution is -2.04. The fourth-order valence-electron chi connectivity index (χ4n) is 1.95. The highest BCUT2D eigenvalue weighted by Crippen LogP contribution is 2.25. The summed E-state index contributed by atoms with van der Waals surface area (Å²) in [5.41, 5.74) is 1.28. The number of pyridine rings is 2. The van der Waals surface area contributed by atoms with E-state index >= 15 is 0 Å². The summed E-state index contributed by atoms with van der Waals surface area (Å²) < 4.78 is 0. The Morgan fingerprint density at radius 1 is 1.06 bits per heavy atom. The molecule has 0 saturated carbocycles. The molecule has 0 amide bonds. The number of rotatable bonds is 0. The summed E-state index contributed by atoms with van der Waals surface area (Å²) in [6.45, 7) is 1.71. The molecule has 0 fully saturated rings. The van der Waals surface area contributed by atoms with Crippen LogP contribution in [0.25, 0.3) is 21.8 Å². The van der Waals surface area contributed by atoms with Gasteiger partial charge in [-0.25, -0.2) is 4.98 Å². The molecule has 0 aliphatic carbocycles. The average molecular weight is 242 g/mol. The van der Waals surface area contributed by atoms with Crippen LogP contribution in [0.3, 0.4) is 0 Å². The summed E-state index contributed by atoms with van der Waals surface area (Å²) in [6, 6.07) is 6.48. The minimum Gasteiger partial charge on any atom is -0.506 e. The Morgan fingerprint density at radius 3 is 2.56 bits per heavy atom. The van der Waals surface area contributed by atoms with Crippen molar-refractivity contribution in [1.29, 1.82) is 0 Å². The van der Waals surface area contributed by atoms with Crippen LogP contribution in [0.5, 0.6) is 11.5 Å². The maximum atomic E-state index is 11.3. The van der Waals surface area contributed by atoms with E-state index in [1.165, 1.54) is 6.07 Å². The number of benzene rings is 1. The number of aromatic nitrogens is 2. The summed E-state index contributed by atoms with van der Waals surface area (Å²) in [4.78, 5) is 18.1. The van der Waals surface area contributed by atoms with Crippen LogP contribution in [-0.4, -0.2) is 20.2 Å². The molecule has 0 radical (unpaired) electrons. The molecule has 5 nitrogen and oxygen atoms in total. The predicted octanol–water partition coefficient (Wildman–Crippen LogP) is 1.80. The van der Waals surface area contributed by atoms with Gasteiger partial charge < -0.3 is 15.2 Å². The average Bonchev–Trinajstić information content (AvgIpc) is 2.31. The lowest BCUT2D eigenvalue weighted by Gasteiger charge is -2.04. The smallest absolute Gasteiger partial charge is 0.290 e. The van der Waals surface area contributed by atoms with Crippen molar-refractivity contribution in [1.82, 2.24) is 9.97 Å². The van der Waals surface area contributed by atoms with Gasteiger partial charge >= 0.3 is 0 Å². The van der Waals surface area contributed by atoms with Crippen molar-refractivity contribution >= 4 is 21.8 Å². The van der Waals surface area contributed by atoms with E-state index in [2.05, 4.69) is 9.97 Å². The molecular weight excluding hydrogens is 232 g/mol. The van der Waals surface area contributed by atoms with E-state index in [-0.39, 0.29) is 11.5 Å². The summed E-state index contributed by atoms with van der Waals surface area (Å²) >= 11 is 0. The first-order valence-corrected chi connectivity index (χ1v) is 5.41. The zero-order chi connectivity index (χ0) is 12.9. The van der Waals surface area contributed by atoms with Gasteiger partial charge in [0.25, 0.3) is 5.56 Å². The Hall–Kier alpha value is -2.56. The molecule has 1 aromatic carbocycles. The number of nitrogens with zero attached hydrogens (tertiary/aromatic N) is 1. The summed E-state index contributed by atoms with van der Waals surface area (Å²) in [7, 11) is 0. The Labute approximate surface area is 101 Å². The molecule has 3 N–H and O–H groups in total. The normalized spacial score (nSPS) is 11.2. The van der Waals surface area contributed by atoms with Crippen LogP contribution >= 0.6 is 0 Å². The Balaban J connectivity index is 2.47. The fraction of sp³-hybridized carbons (Fsp3) is 0.0769. The van der Waals surface area contributed by atoms with Gasteiger partial charge in [0.2, 0.25) is 0 Å². The lowest BCUT2D eigenvalue weighted by atomic mass is 10.1. The third-order valence-electron chi connectivity index (χ3n) is 2.92. The van der Waals surface area contributed by atoms with Gasteiger partial charge in [0.1, 0.15) is 5.75 Å². The first-order valence-electron chi connectivity index (χ1n) is 5.41. The predicted molar refractivity (Wildman–Crippen MR) is 67.9 cm³/mol. The molecule has 2 heterocycles. The lowest BCUT2D eigenvalue weighted by molar-refractivity contribution is 0.468. The Bertz CT molecular complexity index is 837. The van der Waals surface area contributed by atoms with Crippen LogP contribution in [0.1, 0.15) is 5.69 Å².